The van der Waals surface area contributed by atoms with Gasteiger partial charge in [-0.15, -0.1) is 0 Å². The Kier molecular flexibility index (Phi) is 7.93. The molecule has 0 heterocycles. The summed E-state index contributed by atoms with van der Waals surface area (Å²) in [5, 5.41) is 11.0. The molecule has 0 aromatic heterocycles. The Morgan fingerprint density at radius 3 is 1.82 bits per heavy atom. The molecule has 0 N–H and O–H groups in total. The standard InChI is InChI=1S/C34H25N3O2/c38-37(39)30-22-20-26(21-23-30)24-36-34(29-16-8-3-9-17-29)31-18-10-11-19-33(31)35-25-32(27-12-4-1-5-13-27)28-14-6-2-7-15-28/h1-24,34H/t34-/m0/s1. The van der Waals surface area contributed by atoms with Crippen molar-refractivity contribution in [2.24, 2.45) is 9.98 Å². The maximum Gasteiger partial charge on any atom is 0.269 e. The molecular weight excluding hydrogens is 482 g/mol. The summed E-state index contributed by atoms with van der Waals surface area (Å²) in [4.78, 5) is 20.4. The average Bonchev–Trinajstić information content (AvgIpc) is 3.00. The number of rotatable bonds is 8. The van der Waals surface area contributed by atoms with Crippen molar-refractivity contribution in [1.82, 2.24) is 0 Å². The highest BCUT2D eigenvalue weighted by atomic mass is 16.6. The summed E-state index contributed by atoms with van der Waals surface area (Å²) < 4.78 is 0. The van der Waals surface area contributed by atoms with Gasteiger partial charge in [-0.05, 0) is 46.3 Å². The number of non-ortho nitro benzene ring substituents is 1. The fraction of sp³-hybridized carbons (Fsp3) is 0.0294. The van der Waals surface area contributed by atoms with Gasteiger partial charge in [-0.3, -0.25) is 15.1 Å². The number of nitro groups is 1. The van der Waals surface area contributed by atoms with E-state index in [1.54, 1.807) is 18.3 Å². The fourth-order valence-corrected chi connectivity index (χ4v) is 4.27. The van der Waals surface area contributed by atoms with Crippen molar-refractivity contribution >= 4 is 29.0 Å². The lowest BCUT2D eigenvalue weighted by atomic mass is 9.97. The lowest BCUT2D eigenvalue weighted by Gasteiger charge is -2.15. The molecule has 39 heavy (non-hydrogen) atoms. The number of hydrogen-bond acceptors (Lipinski definition) is 4. The van der Waals surface area contributed by atoms with E-state index in [4.69, 9.17) is 9.98 Å². The molecule has 0 aliphatic rings. The zero-order valence-electron chi connectivity index (χ0n) is 21.1. The Bertz CT molecular complexity index is 1600. The molecule has 0 fully saturated rings. The maximum atomic E-state index is 11.0. The molecule has 0 aliphatic heterocycles. The molecule has 5 rings (SSSR count). The van der Waals surface area contributed by atoms with Gasteiger partial charge in [0.2, 0.25) is 0 Å². The Labute approximate surface area is 227 Å². The highest BCUT2D eigenvalue weighted by Gasteiger charge is 2.16. The first-order valence-electron chi connectivity index (χ1n) is 12.5. The predicted molar refractivity (Wildman–Crippen MR) is 158 cm³/mol. The van der Waals surface area contributed by atoms with Gasteiger partial charge in [0.15, 0.2) is 0 Å². The maximum absolute atomic E-state index is 11.0. The molecule has 0 aliphatic carbocycles. The molecule has 0 saturated carbocycles. The van der Waals surface area contributed by atoms with Crippen LogP contribution in [0.15, 0.2) is 150 Å². The minimum Gasteiger partial charge on any atom is -0.280 e. The molecule has 5 aromatic rings. The van der Waals surface area contributed by atoms with Crippen molar-refractivity contribution in [3.05, 3.63) is 177 Å². The molecule has 0 amide bonds. The Balaban J connectivity index is 1.59. The minimum absolute atomic E-state index is 0.0471. The summed E-state index contributed by atoms with van der Waals surface area (Å²) in [5.74, 6) is 3.33. The average molecular weight is 508 g/mol. The van der Waals surface area contributed by atoms with Crippen molar-refractivity contribution in [2.45, 2.75) is 6.04 Å². The van der Waals surface area contributed by atoms with Crippen molar-refractivity contribution in [2.75, 3.05) is 0 Å². The van der Waals surface area contributed by atoms with Gasteiger partial charge in [-0.25, -0.2) is 4.99 Å². The van der Waals surface area contributed by atoms with Gasteiger partial charge in [0.05, 0.1) is 16.2 Å². The monoisotopic (exact) mass is 507 g/mol. The Hall–Kier alpha value is -5.38. The molecule has 5 aromatic carbocycles. The van der Waals surface area contributed by atoms with E-state index in [-0.39, 0.29) is 11.7 Å². The summed E-state index contributed by atoms with van der Waals surface area (Å²) >= 11 is 0. The van der Waals surface area contributed by atoms with Crippen LogP contribution in [0.1, 0.15) is 33.9 Å². The molecule has 0 saturated heterocycles. The van der Waals surface area contributed by atoms with Gasteiger partial charge in [0, 0.05) is 23.9 Å². The minimum atomic E-state index is -0.408. The van der Waals surface area contributed by atoms with Gasteiger partial charge >= 0.3 is 0 Å². The third-order valence-electron chi connectivity index (χ3n) is 6.24. The van der Waals surface area contributed by atoms with Crippen LogP contribution >= 0.6 is 0 Å². The van der Waals surface area contributed by atoms with Crippen molar-refractivity contribution < 1.29 is 4.92 Å². The van der Waals surface area contributed by atoms with Gasteiger partial charge in [-0.1, -0.05) is 109 Å². The van der Waals surface area contributed by atoms with E-state index in [1.807, 2.05) is 91.0 Å². The Morgan fingerprint density at radius 2 is 1.23 bits per heavy atom. The predicted octanol–water partition coefficient (Wildman–Crippen LogP) is 8.24. The van der Waals surface area contributed by atoms with Crippen LogP contribution in [0.4, 0.5) is 11.4 Å². The van der Waals surface area contributed by atoms with Crippen LogP contribution < -0.4 is 0 Å². The van der Waals surface area contributed by atoms with E-state index >= 15 is 0 Å². The summed E-state index contributed by atoms with van der Waals surface area (Å²) in [6, 6.07) is 44.2. The van der Waals surface area contributed by atoms with Crippen LogP contribution in [0.2, 0.25) is 0 Å². The fourth-order valence-electron chi connectivity index (χ4n) is 4.27. The van der Waals surface area contributed by atoms with Crippen LogP contribution in [-0.2, 0) is 0 Å². The lowest BCUT2D eigenvalue weighted by molar-refractivity contribution is -0.384. The molecule has 1 atom stereocenters. The molecule has 0 bridgehead atoms. The second-order valence-corrected chi connectivity index (χ2v) is 8.83. The summed E-state index contributed by atoms with van der Waals surface area (Å²) in [6.45, 7) is 0. The lowest BCUT2D eigenvalue weighted by Crippen LogP contribution is -2.00. The van der Waals surface area contributed by atoms with Crippen LogP contribution in [0.5, 0.6) is 0 Å². The van der Waals surface area contributed by atoms with Crippen LogP contribution in [0, 0.1) is 10.1 Å². The van der Waals surface area contributed by atoms with Crippen LogP contribution in [0.25, 0.3) is 5.57 Å². The highest BCUT2D eigenvalue weighted by molar-refractivity contribution is 5.99. The van der Waals surface area contributed by atoms with Crippen LogP contribution in [-0.4, -0.2) is 17.0 Å². The third kappa shape index (κ3) is 6.31. The van der Waals surface area contributed by atoms with Crippen molar-refractivity contribution in [3.63, 3.8) is 0 Å². The second-order valence-electron chi connectivity index (χ2n) is 8.83. The first-order chi connectivity index (χ1) is 19.2. The van der Waals surface area contributed by atoms with Crippen molar-refractivity contribution in [1.29, 1.82) is 0 Å². The molecule has 5 nitrogen and oxygen atoms in total. The summed E-state index contributed by atoms with van der Waals surface area (Å²) in [5.41, 5.74) is 6.47. The van der Waals surface area contributed by atoms with E-state index in [0.717, 1.165) is 39.1 Å². The van der Waals surface area contributed by atoms with E-state index in [0.29, 0.717) is 0 Å². The topological polar surface area (TPSA) is 67.9 Å². The smallest absolute Gasteiger partial charge is 0.269 e. The van der Waals surface area contributed by atoms with Crippen molar-refractivity contribution in [3.8, 4) is 0 Å². The quantitative estimate of drug-likeness (QED) is 0.121. The number of para-hydroxylation sites is 1. The molecule has 0 radical (unpaired) electrons. The highest BCUT2D eigenvalue weighted by Crippen LogP contribution is 2.33. The normalized spacial score (nSPS) is 11.5. The third-order valence-corrected chi connectivity index (χ3v) is 6.24. The molecule has 5 heteroatoms. The van der Waals surface area contributed by atoms with Gasteiger partial charge < -0.3 is 0 Å². The largest absolute Gasteiger partial charge is 0.280 e. The van der Waals surface area contributed by atoms with Gasteiger partial charge in [0.1, 0.15) is 6.04 Å². The molecular formula is C34H25N3O2. The van der Waals surface area contributed by atoms with Crippen LogP contribution in [0.3, 0.4) is 0 Å². The Morgan fingerprint density at radius 1 is 0.692 bits per heavy atom. The van der Waals surface area contributed by atoms with E-state index in [1.165, 1.54) is 12.1 Å². The summed E-state index contributed by atoms with van der Waals surface area (Å²) in [7, 11) is 0. The summed E-state index contributed by atoms with van der Waals surface area (Å²) in [6.07, 6.45) is 1.75. The van der Waals surface area contributed by atoms with Gasteiger partial charge in [0.25, 0.3) is 5.69 Å². The molecule has 0 spiro atoms. The first kappa shape index (κ1) is 25.3. The SMILES string of the molecule is O=[N+]([O-])c1ccc(C=N[C@@H](c2ccccc2)c2ccccc2N=C=C(c2ccccc2)c2ccccc2)cc1. The number of nitrogens with zero attached hydrogens (tertiary/aromatic N) is 3. The zero-order valence-corrected chi connectivity index (χ0v) is 21.1. The van der Waals surface area contributed by atoms with E-state index in [2.05, 4.69) is 30.1 Å². The number of nitro benzene ring substituents is 1. The number of benzene rings is 5. The first-order valence-corrected chi connectivity index (χ1v) is 12.5. The van der Waals surface area contributed by atoms with Gasteiger partial charge in [-0.2, -0.15) is 0 Å². The number of hydrogen-bond donors (Lipinski definition) is 0. The molecule has 0 unspecified atom stereocenters. The van der Waals surface area contributed by atoms with E-state index in [9.17, 15) is 10.1 Å². The number of aliphatic imine (C=N–C) groups is 2. The molecule has 188 valence electrons. The zero-order chi connectivity index (χ0) is 26.9. The van der Waals surface area contributed by atoms with E-state index < -0.39 is 4.92 Å². The second kappa shape index (κ2) is 12.2.